The van der Waals surface area contributed by atoms with Gasteiger partial charge in [0.1, 0.15) is 0 Å². The summed E-state index contributed by atoms with van der Waals surface area (Å²) in [6.45, 7) is 0. The van der Waals surface area contributed by atoms with E-state index in [1.807, 2.05) is 84.9 Å². The van der Waals surface area contributed by atoms with Crippen LogP contribution in [-0.4, -0.2) is 9.97 Å². The van der Waals surface area contributed by atoms with Crippen molar-refractivity contribution in [3.8, 4) is 56.5 Å². The van der Waals surface area contributed by atoms with Crippen molar-refractivity contribution in [2.75, 3.05) is 0 Å². The summed E-state index contributed by atoms with van der Waals surface area (Å²) in [6.07, 6.45) is 0. The lowest BCUT2D eigenvalue weighted by molar-refractivity contribution is 0.446. The lowest BCUT2D eigenvalue weighted by Crippen LogP contribution is -1.97. The summed E-state index contributed by atoms with van der Waals surface area (Å²) in [6, 6.07) is 48.9. The van der Waals surface area contributed by atoms with Gasteiger partial charge in [-0.15, -0.1) is 0 Å². The first-order valence-corrected chi connectivity index (χ1v) is 12.3. The summed E-state index contributed by atoms with van der Waals surface area (Å²) in [5.41, 5.74) is 8.12. The molecule has 3 nitrogen and oxygen atoms in total. The first kappa shape index (κ1) is 22.4. The maximum Gasteiger partial charge on any atom is 0.221 e. The van der Waals surface area contributed by atoms with Crippen LogP contribution in [0.4, 0.5) is 0 Å². The molecule has 6 aromatic rings. The number of ether oxygens (including phenoxy) is 1. The third-order valence-electron chi connectivity index (χ3n) is 6.21. The SMILES string of the molecule is c1ccc(-c2ccc(Oc3ccc(-c4ccccc4)c(-c4ccccc4)n3)nc2-c2ccccc2)cc1. The average Bonchev–Trinajstić information content (AvgIpc) is 2.99. The second-order valence-electron chi connectivity index (χ2n) is 8.66. The highest BCUT2D eigenvalue weighted by Crippen LogP contribution is 2.35. The zero-order valence-corrected chi connectivity index (χ0v) is 20.2. The molecule has 0 N–H and O–H groups in total. The first-order chi connectivity index (χ1) is 18.3. The van der Waals surface area contributed by atoms with E-state index in [0.29, 0.717) is 11.8 Å². The fourth-order valence-electron chi connectivity index (χ4n) is 4.44. The van der Waals surface area contributed by atoms with Gasteiger partial charge in [-0.2, -0.15) is 0 Å². The van der Waals surface area contributed by atoms with Gasteiger partial charge in [0.05, 0.1) is 11.4 Å². The summed E-state index contributed by atoms with van der Waals surface area (Å²) in [4.78, 5) is 9.87. The molecule has 0 aliphatic rings. The van der Waals surface area contributed by atoms with E-state index in [-0.39, 0.29) is 0 Å². The van der Waals surface area contributed by atoms with Crippen molar-refractivity contribution in [3.63, 3.8) is 0 Å². The molecule has 0 atom stereocenters. The molecule has 176 valence electrons. The molecule has 0 aliphatic carbocycles. The van der Waals surface area contributed by atoms with E-state index in [2.05, 4.69) is 60.7 Å². The van der Waals surface area contributed by atoms with Gasteiger partial charge in [0.2, 0.25) is 11.8 Å². The molecule has 0 amide bonds. The fraction of sp³-hybridized carbons (Fsp3) is 0. The molecular weight excluding hydrogens is 452 g/mol. The van der Waals surface area contributed by atoms with E-state index in [1.165, 1.54) is 0 Å². The molecule has 4 aromatic carbocycles. The number of aromatic nitrogens is 2. The topological polar surface area (TPSA) is 35.0 Å². The Balaban J connectivity index is 1.42. The number of nitrogens with zero attached hydrogens (tertiary/aromatic N) is 2. The Morgan fingerprint density at radius 1 is 0.324 bits per heavy atom. The van der Waals surface area contributed by atoms with Crippen LogP contribution < -0.4 is 4.74 Å². The molecule has 3 heteroatoms. The van der Waals surface area contributed by atoms with Crippen LogP contribution in [0.25, 0.3) is 44.8 Å². The lowest BCUT2D eigenvalue weighted by Gasteiger charge is -2.14. The minimum absolute atomic E-state index is 0.498. The minimum Gasteiger partial charge on any atom is -0.421 e. The van der Waals surface area contributed by atoms with Crippen LogP contribution in [0.1, 0.15) is 0 Å². The van der Waals surface area contributed by atoms with Gasteiger partial charge in [-0.3, -0.25) is 0 Å². The Hall–Kier alpha value is -5.02. The van der Waals surface area contributed by atoms with Gasteiger partial charge in [-0.25, -0.2) is 9.97 Å². The number of hydrogen-bond acceptors (Lipinski definition) is 3. The summed E-state index contributed by atoms with van der Waals surface area (Å²) in [7, 11) is 0. The Morgan fingerprint density at radius 3 is 1.00 bits per heavy atom. The molecule has 0 bridgehead atoms. The van der Waals surface area contributed by atoms with Crippen LogP contribution >= 0.6 is 0 Å². The summed E-state index contributed by atoms with van der Waals surface area (Å²) in [5.74, 6) is 0.995. The molecule has 0 saturated heterocycles. The molecule has 0 radical (unpaired) electrons. The van der Waals surface area contributed by atoms with Crippen molar-refractivity contribution in [1.29, 1.82) is 0 Å². The van der Waals surface area contributed by atoms with E-state index in [0.717, 1.165) is 44.8 Å². The van der Waals surface area contributed by atoms with Gasteiger partial charge in [-0.05, 0) is 23.3 Å². The quantitative estimate of drug-likeness (QED) is 0.241. The monoisotopic (exact) mass is 476 g/mol. The standard InChI is InChI=1S/C34H24N2O/c1-5-13-25(14-6-1)29-21-23-31(35-33(29)27-17-9-3-10-18-27)37-32-24-22-30(26-15-7-2-8-16-26)34(36-32)28-19-11-4-12-20-28/h1-24H. The molecule has 0 aliphatic heterocycles. The lowest BCUT2D eigenvalue weighted by atomic mass is 9.99. The van der Waals surface area contributed by atoms with Crippen molar-refractivity contribution in [3.05, 3.63) is 146 Å². The van der Waals surface area contributed by atoms with Gasteiger partial charge in [0.25, 0.3) is 0 Å². The van der Waals surface area contributed by atoms with Crippen LogP contribution in [0, 0.1) is 0 Å². The molecule has 0 saturated carbocycles. The van der Waals surface area contributed by atoms with Crippen LogP contribution in [0.3, 0.4) is 0 Å². The maximum atomic E-state index is 6.26. The normalized spacial score (nSPS) is 10.7. The highest BCUT2D eigenvalue weighted by atomic mass is 16.5. The zero-order chi connectivity index (χ0) is 24.9. The van der Waals surface area contributed by atoms with Crippen LogP contribution in [0.15, 0.2) is 146 Å². The van der Waals surface area contributed by atoms with Crippen molar-refractivity contribution in [2.45, 2.75) is 0 Å². The molecule has 0 spiro atoms. The third-order valence-corrected chi connectivity index (χ3v) is 6.21. The van der Waals surface area contributed by atoms with Gasteiger partial charge in [0.15, 0.2) is 0 Å². The summed E-state index contributed by atoms with van der Waals surface area (Å²) < 4.78 is 6.26. The molecule has 2 aromatic heterocycles. The Kier molecular flexibility index (Phi) is 6.25. The number of hydrogen-bond donors (Lipinski definition) is 0. The van der Waals surface area contributed by atoms with Gasteiger partial charge < -0.3 is 4.74 Å². The second kappa shape index (κ2) is 10.3. The zero-order valence-electron chi connectivity index (χ0n) is 20.2. The van der Waals surface area contributed by atoms with Crippen molar-refractivity contribution >= 4 is 0 Å². The molecular formula is C34H24N2O. The second-order valence-corrected chi connectivity index (χ2v) is 8.66. The van der Waals surface area contributed by atoms with Crippen LogP contribution in [0.5, 0.6) is 11.8 Å². The highest BCUT2D eigenvalue weighted by molar-refractivity contribution is 5.82. The Labute approximate surface area is 216 Å². The number of benzene rings is 4. The maximum absolute atomic E-state index is 6.26. The minimum atomic E-state index is 0.498. The van der Waals surface area contributed by atoms with E-state index in [9.17, 15) is 0 Å². The Morgan fingerprint density at radius 2 is 0.649 bits per heavy atom. The third kappa shape index (κ3) is 4.89. The first-order valence-electron chi connectivity index (χ1n) is 12.3. The Bertz CT molecular complexity index is 1490. The average molecular weight is 477 g/mol. The predicted octanol–water partition coefficient (Wildman–Crippen LogP) is 8.94. The van der Waals surface area contributed by atoms with Crippen LogP contribution in [-0.2, 0) is 0 Å². The molecule has 2 heterocycles. The fourth-order valence-corrected chi connectivity index (χ4v) is 4.44. The van der Waals surface area contributed by atoms with E-state index in [4.69, 9.17) is 14.7 Å². The summed E-state index contributed by atoms with van der Waals surface area (Å²) in [5, 5.41) is 0. The molecule has 0 unspecified atom stereocenters. The van der Waals surface area contributed by atoms with E-state index >= 15 is 0 Å². The smallest absolute Gasteiger partial charge is 0.221 e. The molecule has 6 rings (SSSR count). The summed E-state index contributed by atoms with van der Waals surface area (Å²) >= 11 is 0. The van der Waals surface area contributed by atoms with Crippen molar-refractivity contribution in [2.24, 2.45) is 0 Å². The van der Waals surface area contributed by atoms with Gasteiger partial charge in [-0.1, -0.05) is 121 Å². The molecule has 37 heavy (non-hydrogen) atoms. The number of pyridine rings is 2. The van der Waals surface area contributed by atoms with E-state index < -0.39 is 0 Å². The number of rotatable bonds is 6. The predicted molar refractivity (Wildman–Crippen MR) is 150 cm³/mol. The van der Waals surface area contributed by atoms with Gasteiger partial charge in [0, 0.05) is 34.4 Å². The van der Waals surface area contributed by atoms with Crippen LogP contribution in [0.2, 0.25) is 0 Å². The largest absolute Gasteiger partial charge is 0.421 e. The molecule has 0 fully saturated rings. The highest BCUT2D eigenvalue weighted by Gasteiger charge is 2.14. The van der Waals surface area contributed by atoms with Gasteiger partial charge >= 0.3 is 0 Å². The van der Waals surface area contributed by atoms with E-state index in [1.54, 1.807) is 0 Å². The van der Waals surface area contributed by atoms with Crippen molar-refractivity contribution < 1.29 is 4.74 Å². The van der Waals surface area contributed by atoms with Crippen molar-refractivity contribution in [1.82, 2.24) is 9.97 Å².